The number of carbonyl (C=O) groups excluding carboxylic acids is 1. The predicted octanol–water partition coefficient (Wildman–Crippen LogP) is 3.11. The highest BCUT2D eigenvalue weighted by atomic mass is 16.1. The maximum atomic E-state index is 12.8. The Balaban J connectivity index is 1.35. The van der Waals surface area contributed by atoms with Crippen LogP contribution in [0.5, 0.6) is 0 Å². The standard InChI is InChI=1S/C22H21N7O/c1-14-9-24-11-19-8-16-5-6-20(27-21(16)29(14)19)22(30)26-18-10-25-28(13-18)12-15-3-2-4-17(23)7-15/h2-8,10-11,13-14H,9,12,23H2,1H3,(H,26,30)/t14-/m1/s1. The molecule has 0 fully saturated rings. The van der Waals surface area contributed by atoms with Crippen molar-refractivity contribution in [1.82, 2.24) is 19.3 Å². The van der Waals surface area contributed by atoms with E-state index in [9.17, 15) is 4.79 Å². The monoisotopic (exact) mass is 399 g/mol. The van der Waals surface area contributed by atoms with Gasteiger partial charge < -0.3 is 15.6 Å². The van der Waals surface area contributed by atoms with E-state index >= 15 is 0 Å². The third-order valence-electron chi connectivity index (χ3n) is 5.17. The summed E-state index contributed by atoms with van der Waals surface area (Å²) in [6, 6.07) is 13.6. The van der Waals surface area contributed by atoms with Crippen LogP contribution in [0.15, 0.2) is 59.9 Å². The highest BCUT2D eigenvalue weighted by Gasteiger charge is 2.19. The molecular weight excluding hydrogens is 378 g/mol. The molecule has 0 aliphatic carbocycles. The molecule has 8 nitrogen and oxygen atoms in total. The van der Waals surface area contributed by atoms with Gasteiger partial charge in [0.1, 0.15) is 11.3 Å². The Morgan fingerprint density at radius 2 is 2.17 bits per heavy atom. The number of nitrogens with one attached hydrogen (secondary N) is 1. The lowest BCUT2D eigenvalue weighted by Gasteiger charge is -2.18. The summed E-state index contributed by atoms with van der Waals surface area (Å²) in [6.45, 7) is 3.38. The molecule has 0 bridgehead atoms. The molecule has 0 spiro atoms. The topological polar surface area (TPSA) is 103 Å². The molecule has 3 N–H and O–H groups in total. The van der Waals surface area contributed by atoms with Crippen LogP contribution >= 0.6 is 0 Å². The normalized spacial score (nSPS) is 15.3. The van der Waals surface area contributed by atoms with Gasteiger partial charge in [0.25, 0.3) is 5.91 Å². The molecule has 4 heterocycles. The zero-order valence-electron chi connectivity index (χ0n) is 16.5. The van der Waals surface area contributed by atoms with Crippen LogP contribution in [-0.4, -0.2) is 38.0 Å². The van der Waals surface area contributed by atoms with Gasteiger partial charge in [-0.1, -0.05) is 12.1 Å². The summed E-state index contributed by atoms with van der Waals surface area (Å²) in [6.07, 6.45) is 5.27. The Hall–Kier alpha value is -3.94. The Morgan fingerprint density at radius 1 is 1.27 bits per heavy atom. The van der Waals surface area contributed by atoms with E-state index in [2.05, 4.69) is 31.9 Å². The number of fused-ring (bicyclic) bond motifs is 3. The zero-order chi connectivity index (χ0) is 20.7. The number of rotatable bonds is 4. The SMILES string of the molecule is C[C@@H]1CN=Cc2cc3ccc(C(=O)Nc4cnn(Cc5cccc(N)c5)c4)nc3n21. The van der Waals surface area contributed by atoms with Crippen molar-refractivity contribution in [3.8, 4) is 0 Å². The van der Waals surface area contributed by atoms with Crippen LogP contribution in [0.4, 0.5) is 11.4 Å². The van der Waals surface area contributed by atoms with E-state index in [1.54, 1.807) is 23.1 Å². The summed E-state index contributed by atoms with van der Waals surface area (Å²) < 4.78 is 3.88. The van der Waals surface area contributed by atoms with Crippen molar-refractivity contribution >= 4 is 34.5 Å². The Kier molecular flexibility index (Phi) is 4.31. The molecule has 1 amide bonds. The van der Waals surface area contributed by atoms with Crippen LogP contribution in [0.3, 0.4) is 0 Å². The minimum Gasteiger partial charge on any atom is -0.399 e. The lowest BCUT2D eigenvalue weighted by molar-refractivity contribution is 0.102. The highest BCUT2D eigenvalue weighted by Crippen LogP contribution is 2.25. The number of nitrogen functional groups attached to an aromatic ring is 1. The summed E-state index contributed by atoms with van der Waals surface area (Å²) in [5.74, 6) is -0.270. The minimum absolute atomic E-state index is 0.207. The van der Waals surface area contributed by atoms with Gasteiger partial charge in [0, 0.05) is 23.5 Å². The van der Waals surface area contributed by atoms with E-state index in [1.165, 1.54) is 0 Å². The van der Waals surface area contributed by atoms with E-state index in [0.717, 1.165) is 22.3 Å². The maximum absolute atomic E-state index is 12.8. The first-order valence-electron chi connectivity index (χ1n) is 9.77. The molecule has 0 radical (unpaired) electrons. The molecule has 5 rings (SSSR count). The molecule has 0 unspecified atom stereocenters. The van der Waals surface area contributed by atoms with Crippen molar-refractivity contribution in [3.05, 3.63) is 71.8 Å². The Labute approximate surface area is 173 Å². The average molecular weight is 399 g/mol. The molecule has 1 aliphatic rings. The van der Waals surface area contributed by atoms with Gasteiger partial charge in [0.05, 0.1) is 36.7 Å². The average Bonchev–Trinajstić information content (AvgIpc) is 3.32. The molecule has 8 heteroatoms. The fraction of sp³-hybridized carbons (Fsp3) is 0.182. The van der Waals surface area contributed by atoms with Crippen molar-refractivity contribution in [1.29, 1.82) is 0 Å². The largest absolute Gasteiger partial charge is 0.399 e. The van der Waals surface area contributed by atoms with Gasteiger partial charge in [-0.25, -0.2) is 4.98 Å². The Bertz CT molecular complexity index is 1280. The number of amides is 1. The first kappa shape index (κ1) is 18.1. The summed E-state index contributed by atoms with van der Waals surface area (Å²) in [5.41, 5.74) is 10.4. The summed E-state index contributed by atoms with van der Waals surface area (Å²) >= 11 is 0. The number of hydrogen-bond donors (Lipinski definition) is 2. The quantitative estimate of drug-likeness (QED) is 0.515. The molecule has 0 saturated heterocycles. The summed E-state index contributed by atoms with van der Waals surface area (Å²) in [7, 11) is 0. The second-order valence-electron chi connectivity index (χ2n) is 7.52. The third-order valence-corrected chi connectivity index (χ3v) is 5.17. The molecule has 30 heavy (non-hydrogen) atoms. The number of pyridine rings is 1. The van der Waals surface area contributed by atoms with Crippen LogP contribution in [0, 0.1) is 0 Å². The number of aromatic nitrogens is 4. The van der Waals surface area contributed by atoms with Crippen LogP contribution in [-0.2, 0) is 6.54 Å². The molecular formula is C22H21N7O. The van der Waals surface area contributed by atoms with E-state index in [0.29, 0.717) is 30.2 Å². The van der Waals surface area contributed by atoms with E-state index < -0.39 is 0 Å². The number of nitrogens with two attached hydrogens (primary N) is 1. The molecule has 0 saturated carbocycles. The van der Waals surface area contributed by atoms with Crippen molar-refractivity contribution in [2.24, 2.45) is 4.99 Å². The lowest BCUT2D eigenvalue weighted by atomic mass is 10.2. The number of carbonyl (C=O) groups is 1. The lowest BCUT2D eigenvalue weighted by Crippen LogP contribution is -2.17. The molecule has 1 aromatic carbocycles. The van der Waals surface area contributed by atoms with Crippen LogP contribution in [0.25, 0.3) is 11.0 Å². The number of aliphatic imine (C=N–C) groups is 1. The fourth-order valence-corrected chi connectivity index (χ4v) is 3.77. The van der Waals surface area contributed by atoms with E-state index in [1.807, 2.05) is 42.6 Å². The van der Waals surface area contributed by atoms with E-state index in [-0.39, 0.29) is 11.9 Å². The van der Waals surface area contributed by atoms with Gasteiger partial charge in [-0.05, 0) is 42.8 Å². The van der Waals surface area contributed by atoms with Crippen molar-refractivity contribution in [2.75, 3.05) is 17.6 Å². The van der Waals surface area contributed by atoms with Crippen LogP contribution < -0.4 is 11.1 Å². The number of anilines is 2. The summed E-state index contributed by atoms with van der Waals surface area (Å²) in [5, 5.41) is 8.20. The second kappa shape index (κ2) is 7.14. The fourth-order valence-electron chi connectivity index (χ4n) is 3.77. The van der Waals surface area contributed by atoms with Crippen molar-refractivity contribution < 1.29 is 4.79 Å². The van der Waals surface area contributed by atoms with Gasteiger partial charge in [0.2, 0.25) is 0 Å². The first-order valence-corrected chi connectivity index (χ1v) is 9.77. The predicted molar refractivity (Wildman–Crippen MR) is 117 cm³/mol. The first-order chi connectivity index (χ1) is 14.6. The number of hydrogen-bond acceptors (Lipinski definition) is 5. The third kappa shape index (κ3) is 3.32. The molecule has 1 aliphatic heterocycles. The van der Waals surface area contributed by atoms with E-state index in [4.69, 9.17) is 5.73 Å². The van der Waals surface area contributed by atoms with Gasteiger partial charge in [-0.3, -0.25) is 14.5 Å². The van der Waals surface area contributed by atoms with Crippen LogP contribution in [0.2, 0.25) is 0 Å². The number of benzene rings is 1. The zero-order valence-corrected chi connectivity index (χ0v) is 16.5. The van der Waals surface area contributed by atoms with Crippen molar-refractivity contribution in [3.63, 3.8) is 0 Å². The molecule has 1 atom stereocenters. The van der Waals surface area contributed by atoms with Crippen molar-refractivity contribution in [2.45, 2.75) is 19.5 Å². The van der Waals surface area contributed by atoms with Gasteiger partial charge in [0.15, 0.2) is 0 Å². The number of nitrogens with zero attached hydrogens (tertiary/aromatic N) is 5. The van der Waals surface area contributed by atoms with Crippen LogP contribution in [0.1, 0.15) is 34.7 Å². The maximum Gasteiger partial charge on any atom is 0.274 e. The molecule has 4 aromatic rings. The second-order valence-corrected chi connectivity index (χ2v) is 7.52. The smallest absolute Gasteiger partial charge is 0.274 e. The van der Waals surface area contributed by atoms with Gasteiger partial charge in [-0.2, -0.15) is 5.10 Å². The molecule has 3 aromatic heterocycles. The highest BCUT2D eigenvalue weighted by molar-refractivity contribution is 6.04. The Morgan fingerprint density at radius 3 is 3.03 bits per heavy atom. The van der Waals surface area contributed by atoms with Gasteiger partial charge in [-0.15, -0.1) is 0 Å². The van der Waals surface area contributed by atoms with Gasteiger partial charge >= 0.3 is 0 Å². The minimum atomic E-state index is -0.270. The molecule has 150 valence electrons. The summed E-state index contributed by atoms with van der Waals surface area (Å²) in [4.78, 5) is 21.8.